The lowest BCUT2D eigenvalue weighted by Crippen LogP contribution is -2.31. The molecular weight excluding hydrogens is 290 g/mol. The van der Waals surface area contributed by atoms with Crippen LogP contribution in [-0.2, 0) is 4.79 Å². The quantitative estimate of drug-likeness (QED) is 0.726. The van der Waals surface area contributed by atoms with Gasteiger partial charge in [-0.1, -0.05) is 11.6 Å². The number of hydrogen-bond donors (Lipinski definition) is 2. The molecule has 2 N–H and O–H groups in total. The molecule has 0 saturated heterocycles. The van der Waals surface area contributed by atoms with Gasteiger partial charge >= 0.3 is 0 Å². The highest BCUT2D eigenvalue weighted by molar-refractivity contribution is 6.31. The van der Waals surface area contributed by atoms with Crippen LogP contribution < -0.4 is 10.1 Å². The number of aryl methyl sites for hydroxylation is 1. The Morgan fingerprint density at radius 2 is 2.24 bits per heavy atom. The van der Waals surface area contributed by atoms with Crippen molar-refractivity contribution in [3.05, 3.63) is 28.8 Å². The number of amides is 1. The normalized spacial score (nSPS) is 15.6. The molecule has 5 heteroatoms. The Labute approximate surface area is 130 Å². The van der Waals surface area contributed by atoms with Gasteiger partial charge in [0.15, 0.2) is 0 Å². The van der Waals surface area contributed by atoms with E-state index in [0.29, 0.717) is 26.0 Å². The van der Waals surface area contributed by atoms with Crippen molar-refractivity contribution in [3.63, 3.8) is 0 Å². The van der Waals surface area contributed by atoms with E-state index in [1.807, 2.05) is 25.1 Å². The maximum absolute atomic E-state index is 11.7. The molecule has 0 heterocycles. The Balaban J connectivity index is 1.60. The molecule has 1 fully saturated rings. The molecule has 1 aromatic carbocycles. The molecule has 1 aliphatic rings. The van der Waals surface area contributed by atoms with Gasteiger partial charge in [-0.25, -0.2) is 0 Å². The number of aliphatic hydroxyl groups is 1. The Kier molecular flexibility index (Phi) is 5.48. The second-order valence-electron chi connectivity index (χ2n) is 5.80. The molecule has 21 heavy (non-hydrogen) atoms. The van der Waals surface area contributed by atoms with Gasteiger partial charge in [0.2, 0.25) is 5.91 Å². The minimum atomic E-state index is -0.0347. The maximum Gasteiger partial charge on any atom is 0.220 e. The zero-order chi connectivity index (χ0) is 15.3. The molecule has 1 saturated carbocycles. The highest BCUT2D eigenvalue weighted by atomic mass is 35.5. The van der Waals surface area contributed by atoms with Crippen molar-refractivity contribution in [2.75, 3.05) is 19.8 Å². The fourth-order valence-electron chi connectivity index (χ4n) is 2.07. The molecule has 0 radical (unpaired) electrons. The fourth-order valence-corrected chi connectivity index (χ4v) is 2.19. The summed E-state index contributed by atoms with van der Waals surface area (Å²) in [5.41, 5.74) is 0.943. The highest BCUT2D eigenvalue weighted by Crippen LogP contribution is 2.44. The number of benzene rings is 1. The first-order valence-electron chi connectivity index (χ1n) is 7.31. The Hall–Kier alpha value is -1.26. The van der Waals surface area contributed by atoms with E-state index in [1.54, 1.807) is 0 Å². The van der Waals surface area contributed by atoms with Crippen LogP contribution in [0.15, 0.2) is 18.2 Å². The predicted octanol–water partition coefficient (Wildman–Crippen LogP) is 2.70. The Morgan fingerprint density at radius 3 is 2.86 bits per heavy atom. The summed E-state index contributed by atoms with van der Waals surface area (Å²) in [4.78, 5) is 11.7. The molecule has 1 aromatic rings. The SMILES string of the molecule is Cc1cc(OCCCC(=O)NCC2(CO)CC2)ccc1Cl. The summed E-state index contributed by atoms with van der Waals surface area (Å²) in [6.07, 6.45) is 3.11. The smallest absolute Gasteiger partial charge is 0.220 e. The Morgan fingerprint density at radius 1 is 1.48 bits per heavy atom. The van der Waals surface area contributed by atoms with Crippen LogP contribution in [0.5, 0.6) is 5.75 Å². The number of nitrogens with one attached hydrogen (secondary N) is 1. The molecule has 0 aromatic heterocycles. The number of ether oxygens (including phenoxy) is 1. The zero-order valence-electron chi connectivity index (χ0n) is 12.3. The van der Waals surface area contributed by atoms with Gasteiger partial charge in [0.1, 0.15) is 5.75 Å². The van der Waals surface area contributed by atoms with E-state index in [4.69, 9.17) is 16.3 Å². The van der Waals surface area contributed by atoms with Crippen molar-refractivity contribution in [1.82, 2.24) is 5.32 Å². The summed E-state index contributed by atoms with van der Waals surface area (Å²) in [5, 5.41) is 12.8. The van der Waals surface area contributed by atoms with E-state index in [9.17, 15) is 9.90 Å². The van der Waals surface area contributed by atoms with Gasteiger partial charge in [-0.2, -0.15) is 0 Å². The Bertz CT molecular complexity index is 500. The average molecular weight is 312 g/mol. The summed E-state index contributed by atoms with van der Waals surface area (Å²) in [5.74, 6) is 0.792. The molecule has 1 aliphatic carbocycles. The minimum Gasteiger partial charge on any atom is -0.494 e. The standard InChI is InChI=1S/C16H22ClNO3/c1-12-9-13(4-5-14(12)17)21-8-2-3-15(20)18-10-16(11-19)6-7-16/h4-5,9,19H,2-3,6-8,10-11H2,1H3,(H,18,20). The van der Waals surface area contributed by atoms with E-state index < -0.39 is 0 Å². The van der Waals surface area contributed by atoms with Crippen molar-refractivity contribution in [2.24, 2.45) is 5.41 Å². The first kappa shape index (κ1) is 16.1. The minimum absolute atomic E-state index is 0.0191. The lowest BCUT2D eigenvalue weighted by atomic mass is 10.1. The van der Waals surface area contributed by atoms with Crippen molar-refractivity contribution in [2.45, 2.75) is 32.6 Å². The molecule has 4 nitrogen and oxygen atoms in total. The average Bonchev–Trinajstić information content (AvgIpc) is 3.26. The second kappa shape index (κ2) is 7.14. The third kappa shape index (κ3) is 4.90. The second-order valence-corrected chi connectivity index (χ2v) is 6.21. The molecule has 0 aliphatic heterocycles. The molecule has 2 rings (SSSR count). The van der Waals surface area contributed by atoms with Gasteiger partial charge in [0, 0.05) is 23.4 Å². The topological polar surface area (TPSA) is 58.6 Å². The van der Waals surface area contributed by atoms with Crippen LogP contribution in [0.3, 0.4) is 0 Å². The number of carbonyl (C=O) groups excluding carboxylic acids is 1. The van der Waals surface area contributed by atoms with E-state index in [2.05, 4.69) is 5.32 Å². The summed E-state index contributed by atoms with van der Waals surface area (Å²) < 4.78 is 5.59. The monoisotopic (exact) mass is 311 g/mol. The molecule has 0 unspecified atom stereocenters. The summed E-state index contributed by atoms with van der Waals surface area (Å²) >= 11 is 5.95. The van der Waals surface area contributed by atoms with E-state index >= 15 is 0 Å². The third-order valence-corrected chi connectivity index (χ3v) is 4.32. The molecule has 0 atom stereocenters. The van der Waals surface area contributed by atoms with E-state index in [0.717, 1.165) is 29.2 Å². The van der Waals surface area contributed by atoms with Crippen molar-refractivity contribution in [1.29, 1.82) is 0 Å². The number of aliphatic hydroxyl groups excluding tert-OH is 1. The van der Waals surface area contributed by atoms with Crippen LogP contribution >= 0.6 is 11.6 Å². The summed E-state index contributed by atoms with van der Waals surface area (Å²) in [7, 11) is 0. The van der Waals surface area contributed by atoms with Gasteiger partial charge in [-0.3, -0.25) is 4.79 Å². The van der Waals surface area contributed by atoms with Crippen molar-refractivity contribution >= 4 is 17.5 Å². The summed E-state index contributed by atoms with van der Waals surface area (Å²) in [6.45, 7) is 3.17. The molecule has 0 bridgehead atoms. The summed E-state index contributed by atoms with van der Waals surface area (Å²) in [6, 6.07) is 5.52. The van der Waals surface area contributed by atoms with Crippen LogP contribution in [0.1, 0.15) is 31.2 Å². The fraction of sp³-hybridized carbons (Fsp3) is 0.562. The van der Waals surface area contributed by atoms with Crippen LogP contribution in [0.2, 0.25) is 5.02 Å². The first-order chi connectivity index (χ1) is 10.0. The van der Waals surface area contributed by atoms with Crippen LogP contribution in [-0.4, -0.2) is 30.8 Å². The van der Waals surface area contributed by atoms with Gasteiger partial charge in [0.25, 0.3) is 0 Å². The lowest BCUT2D eigenvalue weighted by Gasteiger charge is -2.12. The van der Waals surface area contributed by atoms with Gasteiger partial charge in [-0.15, -0.1) is 0 Å². The van der Waals surface area contributed by atoms with Gasteiger partial charge < -0.3 is 15.2 Å². The van der Waals surface area contributed by atoms with Crippen LogP contribution in [0, 0.1) is 12.3 Å². The van der Waals surface area contributed by atoms with Gasteiger partial charge in [-0.05, 0) is 49.9 Å². The highest BCUT2D eigenvalue weighted by Gasteiger charge is 2.41. The van der Waals surface area contributed by atoms with Crippen LogP contribution in [0.4, 0.5) is 0 Å². The largest absolute Gasteiger partial charge is 0.494 e. The maximum atomic E-state index is 11.7. The molecule has 1 amide bonds. The molecule has 116 valence electrons. The van der Waals surface area contributed by atoms with E-state index in [-0.39, 0.29) is 17.9 Å². The number of halogens is 1. The number of hydrogen-bond acceptors (Lipinski definition) is 3. The molecule has 0 spiro atoms. The van der Waals surface area contributed by atoms with Crippen LogP contribution in [0.25, 0.3) is 0 Å². The predicted molar refractivity (Wildman–Crippen MR) is 82.7 cm³/mol. The third-order valence-electron chi connectivity index (χ3n) is 3.90. The lowest BCUT2D eigenvalue weighted by molar-refractivity contribution is -0.121. The van der Waals surface area contributed by atoms with Gasteiger partial charge in [0.05, 0.1) is 13.2 Å². The first-order valence-corrected chi connectivity index (χ1v) is 7.69. The molecular formula is C16H22ClNO3. The zero-order valence-corrected chi connectivity index (χ0v) is 13.1. The number of carbonyl (C=O) groups is 1. The van der Waals surface area contributed by atoms with Crippen molar-refractivity contribution < 1.29 is 14.6 Å². The van der Waals surface area contributed by atoms with Crippen molar-refractivity contribution in [3.8, 4) is 5.75 Å². The van der Waals surface area contributed by atoms with E-state index in [1.165, 1.54) is 0 Å². The number of rotatable bonds is 8.